The lowest BCUT2D eigenvalue weighted by Crippen LogP contribution is -2.36. The molecule has 0 N–H and O–H groups in total. The smallest absolute Gasteiger partial charge is 0.0991 e. The van der Waals surface area contributed by atoms with Crippen molar-refractivity contribution in [3.05, 3.63) is 233 Å². The summed E-state index contributed by atoms with van der Waals surface area (Å²) >= 11 is 0. The highest BCUT2D eigenvalue weighted by atomic mass is 14.2. The summed E-state index contributed by atoms with van der Waals surface area (Å²) in [7, 11) is 0. The van der Waals surface area contributed by atoms with Crippen LogP contribution in [-0.2, 0) is 0 Å². The number of rotatable bonds is 14. The summed E-state index contributed by atoms with van der Waals surface area (Å²) in [6.45, 7) is 17.7. The quantitative estimate of drug-likeness (QED) is 0.0604. The second-order valence-electron chi connectivity index (χ2n) is 15.5. The molecule has 0 spiro atoms. The fraction of sp³-hybridized carbons (Fsp3) is 0.179. The zero-order valence-corrected chi connectivity index (χ0v) is 34.8. The van der Waals surface area contributed by atoms with E-state index in [0.29, 0.717) is 5.92 Å². The molecule has 0 aliphatic heterocycles. The molecule has 0 nitrogen and oxygen atoms in total. The highest BCUT2D eigenvalue weighted by Crippen LogP contribution is 2.33. The van der Waals surface area contributed by atoms with Crippen molar-refractivity contribution in [3.8, 4) is 11.1 Å². The summed E-state index contributed by atoms with van der Waals surface area (Å²) in [5.74, 6) is 0.794. The van der Waals surface area contributed by atoms with Gasteiger partial charge in [0.15, 0.2) is 0 Å². The largest absolute Gasteiger partial charge is 0.216 e. The van der Waals surface area contributed by atoms with E-state index in [9.17, 15) is 0 Å². The van der Waals surface area contributed by atoms with Gasteiger partial charge < -0.3 is 0 Å². The van der Waals surface area contributed by atoms with E-state index in [0.717, 1.165) is 12.8 Å². The van der Waals surface area contributed by atoms with Crippen molar-refractivity contribution in [3.63, 3.8) is 0 Å². The highest BCUT2D eigenvalue weighted by Gasteiger charge is 2.29. The van der Waals surface area contributed by atoms with Crippen molar-refractivity contribution in [2.75, 3.05) is 0 Å². The van der Waals surface area contributed by atoms with Gasteiger partial charge in [-0.1, -0.05) is 220 Å². The third-order valence-electron chi connectivity index (χ3n) is 11.6. The molecule has 0 heterocycles. The van der Waals surface area contributed by atoms with Crippen LogP contribution in [0.15, 0.2) is 199 Å². The van der Waals surface area contributed by atoms with Gasteiger partial charge in [-0.15, -0.1) is 0 Å². The van der Waals surface area contributed by atoms with Crippen LogP contribution in [0.5, 0.6) is 0 Å². The minimum absolute atomic E-state index is 0.132. The fourth-order valence-electron chi connectivity index (χ4n) is 7.94. The molecule has 1 aliphatic carbocycles. The van der Waals surface area contributed by atoms with Crippen molar-refractivity contribution in [2.24, 2.45) is 0 Å². The van der Waals surface area contributed by atoms with Gasteiger partial charge in [-0.3, -0.25) is 0 Å². The zero-order valence-electron chi connectivity index (χ0n) is 34.8. The first-order valence-electron chi connectivity index (χ1n) is 20.6. The minimum Gasteiger partial charge on any atom is -0.0991 e. The topological polar surface area (TPSA) is 0 Å². The van der Waals surface area contributed by atoms with Crippen LogP contribution in [-0.4, -0.2) is 6.71 Å². The van der Waals surface area contributed by atoms with E-state index < -0.39 is 0 Å². The van der Waals surface area contributed by atoms with E-state index in [4.69, 9.17) is 0 Å². The molecule has 0 amide bonds. The van der Waals surface area contributed by atoms with Gasteiger partial charge in [-0.2, -0.15) is 0 Å². The molecule has 6 rings (SSSR count). The van der Waals surface area contributed by atoms with Gasteiger partial charge in [0, 0.05) is 0 Å². The summed E-state index contributed by atoms with van der Waals surface area (Å²) < 4.78 is 0. The number of allylic oxidation sites excluding steroid dienone is 13. The Morgan fingerprint density at radius 3 is 2.02 bits per heavy atom. The van der Waals surface area contributed by atoms with Crippen LogP contribution in [0.25, 0.3) is 34.4 Å². The van der Waals surface area contributed by atoms with Crippen molar-refractivity contribution in [1.29, 1.82) is 0 Å². The predicted molar refractivity (Wildman–Crippen MR) is 254 cm³/mol. The summed E-state index contributed by atoms with van der Waals surface area (Å²) in [4.78, 5) is 0. The molecule has 1 aliphatic rings. The third kappa shape index (κ3) is 10.3. The average Bonchev–Trinajstić information content (AvgIpc) is 3.25. The summed E-state index contributed by atoms with van der Waals surface area (Å²) in [6, 6.07) is 46.1. The molecule has 5 aromatic carbocycles. The molecule has 284 valence electrons. The number of aryl methyl sites for hydroxylation is 1. The Bertz CT molecular complexity index is 2370. The van der Waals surface area contributed by atoms with E-state index in [1.165, 1.54) is 77.7 Å². The van der Waals surface area contributed by atoms with Crippen molar-refractivity contribution in [1.82, 2.24) is 0 Å². The summed E-state index contributed by atoms with van der Waals surface area (Å²) in [5.41, 5.74) is 17.8. The molecule has 57 heavy (non-hydrogen) atoms. The standard InChI is InChI=1S/C56H57B/c1-8-19-51(39-34-49-23-14-18-27-56(49)55-26-16-13-20-44(55)6)57(52-35-30-47(31-36-52)43(5)29-28-42(4)46-21-11-10-12-22-46)53-37-32-48(33-38-53)45(7)40-50-24-15-17-25-54(50)41(3)9-2/h8,10-35,37-41,52H,1,9,36H2,2-7H3/b39-34-,42-28+,43-29+,45-40+,51-19+. The maximum atomic E-state index is 4.19. The van der Waals surface area contributed by atoms with Gasteiger partial charge in [-0.05, 0) is 119 Å². The van der Waals surface area contributed by atoms with E-state index in [2.05, 4.69) is 230 Å². The summed E-state index contributed by atoms with van der Waals surface area (Å²) in [5, 5.41) is 0. The lowest BCUT2D eigenvalue weighted by molar-refractivity contribution is 0.732. The zero-order chi connectivity index (χ0) is 40.1. The maximum absolute atomic E-state index is 4.19. The van der Waals surface area contributed by atoms with Crippen molar-refractivity contribution < 1.29 is 0 Å². The minimum atomic E-state index is 0.132. The van der Waals surface area contributed by atoms with Gasteiger partial charge in [0.1, 0.15) is 0 Å². The van der Waals surface area contributed by atoms with Crippen LogP contribution in [0.1, 0.15) is 86.8 Å². The first kappa shape index (κ1) is 40.7. The predicted octanol–water partition coefficient (Wildman–Crippen LogP) is 15.1. The molecule has 0 fully saturated rings. The molecule has 2 unspecified atom stereocenters. The van der Waals surface area contributed by atoms with Crippen molar-refractivity contribution in [2.45, 2.75) is 66.1 Å². The van der Waals surface area contributed by atoms with E-state index >= 15 is 0 Å². The van der Waals surface area contributed by atoms with E-state index in [1.54, 1.807) is 0 Å². The molecular weight excluding hydrogens is 683 g/mol. The SMILES string of the molecule is C=C/C=C(\C=C/c1ccccc1-c1ccccc1C)B(c1ccc(/C(C)=C/c2ccccc2C(C)CC)cc1)C1C=CC(/C(C)=C/C=C(\C)c2ccccc2)=CC1. The molecular formula is C56H57B. The van der Waals surface area contributed by atoms with E-state index in [-0.39, 0.29) is 12.5 Å². The lowest BCUT2D eigenvalue weighted by Gasteiger charge is -2.26. The third-order valence-corrected chi connectivity index (χ3v) is 11.6. The Morgan fingerprint density at radius 2 is 1.33 bits per heavy atom. The molecule has 5 aromatic rings. The van der Waals surface area contributed by atoms with Crippen LogP contribution in [0.2, 0.25) is 5.82 Å². The first-order chi connectivity index (χ1) is 27.8. The normalized spacial score (nSPS) is 15.8. The molecule has 0 radical (unpaired) electrons. The fourth-order valence-corrected chi connectivity index (χ4v) is 7.94. The monoisotopic (exact) mass is 740 g/mol. The van der Waals surface area contributed by atoms with Crippen LogP contribution in [0.4, 0.5) is 0 Å². The Hall–Kier alpha value is -5.92. The molecule has 0 aromatic heterocycles. The lowest BCUT2D eigenvalue weighted by atomic mass is 9.32. The molecule has 1 heteroatoms. The van der Waals surface area contributed by atoms with Crippen molar-refractivity contribution >= 4 is 35.5 Å². The van der Waals surface area contributed by atoms with Gasteiger partial charge in [0.05, 0.1) is 0 Å². The summed E-state index contributed by atoms with van der Waals surface area (Å²) in [6.07, 6.45) is 24.9. The van der Waals surface area contributed by atoms with Gasteiger partial charge >= 0.3 is 0 Å². The second-order valence-corrected chi connectivity index (χ2v) is 15.5. The number of benzene rings is 5. The first-order valence-corrected chi connectivity index (χ1v) is 20.6. The van der Waals surface area contributed by atoms with Crippen LogP contribution >= 0.6 is 0 Å². The Kier molecular flexibility index (Phi) is 14.1. The van der Waals surface area contributed by atoms with Gasteiger partial charge in [0.2, 0.25) is 6.71 Å². The molecule has 0 bridgehead atoms. The van der Waals surface area contributed by atoms with Crippen LogP contribution < -0.4 is 5.46 Å². The molecule has 0 saturated heterocycles. The van der Waals surface area contributed by atoms with Crippen LogP contribution in [0, 0.1) is 6.92 Å². The van der Waals surface area contributed by atoms with Gasteiger partial charge in [-0.25, -0.2) is 0 Å². The Morgan fingerprint density at radius 1 is 0.702 bits per heavy atom. The average molecular weight is 741 g/mol. The maximum Gasteiger partial charge on any atom is 0.216 e. The van der Waals surface area contributed by atoms with Crippen LogP contribution in [0.3, 0.4) is 0 Å². The number of hydrogen-bond acceptors (Lipinski definition) is 0. The second kappa shape index (κ2) is 19.8. The highest BCUT2D eigenvalue weighted by molar-refractivity contribution is 6.82. The number of hydrogen-bond donors (Lipinski definition) is 0. The Labute approximate surface area is 343 Å². The van der Waals surface area contributed by atoms with E-state index in [1.807, 2.05) is 6.08 Å². The molecule has 0 saturated carbocycles. The van der Waals surface area contributed by atoms with Gasteiger partial charge in [0.25, 0.3) is 0 Å². The molecule has 2 atom stereocenters. The Balaban J connectivity index is 1.34.